The number of hydrogen-bond donors (Lipinski definition) is 3. The molecule has 18 heavy (non-hydrogen) atoms. The summed E-state index contributed by atoms with van der Waals surface area (Å²) in [4.78, 5) is 0. The van der Waals surface area contributed by atoms with Crippen molar-refractivity contribution in [3.8, 4) is 5.88 Å². The van der Waals surface area contributed by atoms with Gasteiger partial charge in [-0.3, -0.25) is 0 Å². The van der Waals surface area contributed by atoms with Gasteiger partial charge in [0.25, 0.3) is 0 Å². The molecule has 0 bridgehead atoms. The number of rotatable bonds is 1. The quantitative estimate of drug-likeness (QED) is 0.677. The van der Waals surface area contributed by atoms with Crippen LogP contribution < -0.4 is 5.73 Å². The lowest BCUT2D eigenvalue weighted by molar-refractivity contribution is 0.109. The molecule has 96 valence electrons. The van der Waals surface area contributed by atoms with Crippen molar-refractivity contribution >= 4 is 16.5 Å². The first kappa shape index (κ1) is 11.4. The van der Waals surface area contributed by atoms with E-state index < -0.39 is 0 Å². The fourth-order valence-electron chi connectivity index (χ4n) is 2.91. The van der Waals surface area contributed by atoms with E-state index in [1.807, 2.05) is 22.9 Å². The van der Waals surface area contributed by atoms with Gasteiger partial charge in [0.1, 0.15) is 0 Å². The molecule has 2 aromatic rings. The molecule has 0 amide bonds. The fourth-order valence-corrected chi connectivity index (χ4v) is 2.91. The Kier molecular flexibility index (Phi) is 2.67. The Morgan fingerprint density at radius 3 is 2.56 bits per heavy atom. The van der Waals surface area contributed by atoms with Crippen molar-refractivity contribution in [3.05, 3.63) is 24.4 Å². The van der Waals surface area contributed by atoms with Gasteiger partial charge in [-0.1, -0.05) is 12.1 Å². The van der Waals surface area contributed by atoms with Gasteiger partial charge in [-0.05, 0) is 31.7 Å². The van der Waals surface area contributed by atoms with Crippen molar-refractivity contribution in [1.82, 2.24) is 4.57 Å². The molecule has 1 saturated carbocycles. The van der Waals surface area contributed by atoms with Crippen LogP contribution in [0.2, 0.25) is 0 Å². The molecule has 0 saturated heterocycles. The van der Waals surface area contributed by atoms with Crippen LogP contribution in [-0.2, 0) is 0 Å². The van der Waals surface area contributed by atoms with E-state index in [9.17, 15) is 10.2 Å². The van der Waals surface area contributed by atoms with E-state index in [2.05, 4.69) is 0 Å². The lowest BCUT2D eigenvalue weighted by Gasteiger charge is -2.27. The van der Waals surface area contributed by atoms with Crippen LogP contribution in [0.25, 0.3) is 10.8 Å². The minimum absolute atomic E-state index is 0.182. The van der Waals surface area contributed by atoms with Gasteiger partial charge >= 0.3 is 0 Å². The van der Waals surface area contributed by atoms with Crippen LogP contribution in [0.3, 0.4) is 0 Å². The van der Waals surface area contributed by atoms with Gasteiger partial charge in [-0.15, -0.1) is 0 Å². The van der Waals surface area contributed by atoms with E-state index in [1.165, 1.54) is 0 Å². The summed E-state index contributed by atoms with van der Waals surface area (Å²) in [7, 11) is 0. The molecule has 0 aliphatic heterocycles. The smallest absolute Gasteiger partial charge is 0.201 e. The number of fused-ring (bicyclic) bond motifs is 1. The van der Waals surface area contributed by atoms with Gasteiger partial charge in [0, 0.05) is 23.3 Å². The summed E-state index contributed by atoms with van der Waals surface area (Å²) in [5.41, 5.74) is 6.52. The first-order valence-electron chi connectivity index (χ1n) is 6.43. The molecule has 1 aliphatic carbocycles. The Labute approximate surface area is 106 Å². The molecule has 0 atom stereocenters. The van der Waals surface area contributed by atoms with E-state index in [4.69, 9.17) is 5.73 Å². The Hall–Kier alpha value is -1.68. The van der Waals surface area contributed by atoms with Gasteiger partial charge in [0.05, 0.1) is 11.5 Å². The highest BCUT2D eigenvalue weighted by Gasteiger charge is 2.23. The summed E-state index contributed by atoms with van der Waals surface area (Å²) < 4.78 is 1.91. The molecule has 3 rings (SSSR count). The first-order chi connectivity index (χ1) is 8.66. The molecule has 1 fully saturated rings. The van der Waals surface area contributed by atoms with Crippen LogP contribution in [0.5, 0.6) is 5.88 Å². The van der Waals surface area contributed by atoms with E-state index in [0.29, 0.717) is 5.69 Å². The van der Waals surface area contributed by atoms with Crippen molar-refractivity contribution in [3.63, 3.8) is 0 Å². The minimum Gasteiger partial charge on any atom is -0.494 e. The molecule has 0 radical (unpaired) electrons. The molecular formula is C14H18N2O2. The molecule has 4 nitrogen and oxygen atoms in total. The Morgan fingerprint density at radius 2 is 1.89 bits per heavy atom. The second-order valence-corrected chi connectivity index (χ2v) is 5.13. The van der Waals surface area contributed by atoms with Gasteiger partial charge < -0.3 is 20.5 Å². The van der Waals surface area contributed by atoms with Crippen LogP contribution in [-0.4, -0.2) is 20.9 Å². The lowest BCUT2D eigenvalue weighted by Crippen LogP contribution is -2.20. The molecule has 1 aliphatic rings. The zero-order chi connectivity index (χ0) is 12.7. The third-order valence-electron chi connectivity index (χ3n) is 3.93. The average Bonchev–Trinajstić information content (AvgIpc) is 2.69. The molecular weight excluding hydrogens is 228 g/mol. The average molecular weight is 246 g/mol. The largest absolute Gasteiger partial charge is 0.494 e. The summed E-state index contributed by atoms with van der Waals surface area (Å²) in [6.45, 7) is 0. The Bertz CT molecular complexity index is 568. The standard InChI is InChI=1S/C14H18N2O2/c15-12-3-1-2-9-8-16(14(18)13(9)12)10-4-6-11(17)7-5-10/h1-3,8,10-11,17-18H,4-7,15H2. The second-order valence-electron chi connectivity index (χ2n) is 5.13. The van der Waals surface area contributed by atoms with E-state index in [-0.39, 0.29) is 18.0 Å². The van der Waals surface area contributed by atoms with Gasteiger partial charge in [0.2, 0.25) is 5.88 Å². The van der Waals surface area contributed by atoms with Crippen molar-refractivity contribution in [2.24, 2.45) is 0 Å². The molecule has 4 heteroatoms. The number of aliphatic hydroxyl groups excluding tert-OH is 1. The van der Waals surface area contributed by atoms with E-state index in [1.54, 1.807) is 6.07 Å². The maximum Gasteiger partial charge on any atom is 0.201 e. The number of aromatic hydroxyl groups is 1. The zero-order valence-electron chi connectivity index (χ0n) is 10.2. The lowest BCUT2D eigenvalue weighted by atomic mass is 9.93. The number of aromatic nitrogens is 1. The summed E-state index contributed by atoms with van der Waals surface area (Å²) in [6, 6.07) is 5.92. The van der Waals surface area contributed by atoms with Crippen molar-refractivity contribution < 1.29 is 10.2 Å². The number of hydrogen-bond acceptors (Lipinski definition) is 3. The van der Waals surface area contributed by atoms with Crippen molar-refractivity contribution in [2.75, 3.05) is 5.73 Å². The second kappa shape index (κ2) is 4.21. The number of anilines is 1. The van der Waals surface area contributed by atoms with E-state index in [0.717, 1.165) is 36.5 Å². The maximum atomic E-state index is 10.3. The van der Waals surface area contributed by atoms with Gasteiger partial charge in [0.15, 0.2) is 0 Å². The third-order valence-corrected chi connectivity index (χ3v) is 3.93. The monoisotopic (exact) mass is 246 g/mol. The third kappa shape index (κ3) is 1.73. The highest BCUT2D eigenvalue weighted by Crippen LogP contribution is 2.38. The summed E-state index contributed by atoms with van der Waals surface area (Å²) >= 11 is 0. The van der Waals surface area contributed by atoms with Crippen LogP contribution in [0.15, 0.2) is 24.4 Å². The molecule has 0 spiro atoms. The maximum absolute atomic E-state index is 10.3. The van der Waals surface area contributed by atoms with Crippen LogP contribution in [0, 0.1) is 0 Å². The SMILES string of the molecule is Nc1cccc2cn(C3CCC(O)CC3)c(O)c12. The predicted molar refractivity (Wildman–Crippen MR) is 71.5 cm³/mol. The number of nitrogen functional groups attached to an aromatic ring is 1. The number of nitrogens with two attached hydrogens (primary N) is 1. The topological polar surface area (TPSA) is 71.4 Å². The van der Waals surface area contributed by atoms with Crippen LogP contribution >= 0.6 is 0 Å². The van der Waals surface area contributed by atoms with E-state index >= 15 is 0 Å². The highest BCUT2D eigenvalue weighted by molar-refractivity contribution is 5.97. The van der Waals surface area contributed by atoms with Crippen LogP contribution in [0.4, 0.5) is 5.69 Å². The summed E-state index contributed by atoms with van der Waals surface area (Å²) in [5.74, 6) is 0.254. The molecule has 1 heterocycles. The Balaban J connectivity index is 2.02. The van der Waals surface area contributed by atoms with Crippen molar-refractivity contribution in [2.45, 2.75) is 37.8 Å². The summed E-state index contributed by atoms with van der Waals surface area (Å²) in [5, 5.41) is 21.6. The fraction of sp³-hybridized carbons (Fsp3) is 0.429. The molecule has 1 aromatic heterocycles. The molecule has 1 aromatic carbocycles. The Morgan fingerprint density at radius 1 is 1.17 bits per heavy atom. The van der Waals surface area contributed by atoms with Gasteiger partial charge in [-0.25, -0.2) is 0 Å². The van der Waals surface area contributed by atoms with Gasteiger partial charge in [-0.2, -0.15) is 0 Å². The zero-order valence-corrected chi connectivity index (χ0v) is 10.2. The molecule has 0 unspecified atom stereocenters. The normalized spacial score (nSPS) is 24.5. The van der Waals surface area contributed by atoms with Crippen LogP contribution in [0.1, 0.15) is 31.7 Å². The predicted octanol–water partition coefficient (Wildman–Crippen LogP) is 2.41. The minimum atomic E-state index is -0.182. The first-order valence-corrected chi connectivity index (χ1v) is 6.43. The highest BCUT2D eigenvalue weighted by atomic mass is 16.3. The number of benzene rings is 1. The summed E-state index contributed by atoms with van der Waals surface area (Å²) in [6.07, 6.45) is 5.18. The number of aliphatic hydroxyl groups is 1. The molecule has 4 N–H and O–H groups in total. The van der Waals surface area contributed by atoms with Crippen molar-refractivity contribution in [1.29, 1.82) is 0 Å². The number of nitrogens with zero attached hydrogens (tertiary/aromatic N) is 1.